The molecule has 3 nitrogen and oxygen atoms in total. The Labute approximate surface area is 58.3 Å². The van der Waals surface area contributed by atoms with Crippen molar-refractivity contribution < 1.29 is 33.1 Å². The van der Waals surface area contributed by atoms with Crippen LogP contribution in [0.5, 0.6) is 0 Å². The van der Waals surface area contributed by atoms with Crippen LogP contribution in [0.2, 0.25) is 0 Å². The Hall–Kier alpha value is 0.933. The first-order chi connectivity index (χ1) is 3.68. The van der Waals surface area contributed by atoms with E-state index in [4.69, 9.17) is 15.3 Å². The quantitative estimate of drug-likeness (QED) is 0.429. The summed E-state index contributed by atoms with van der Waals surface area (Å²) in [5.41, 5.74) is -2.07. The molecule has 0 saturated heterocycles. The summed E-state index contributed by atoms with van der Waals surface area (Å²) in [6, 6.07) is 0. The molecule has 0 aromatic rings. The van der Waals surface area contributed by atoms with E-state index in [1.54, 1.807) is 0 Å². The summed E-state index contributed by atoms with van der Waals surface area (Å²) in [4.78, 5) is 0. The van der Waals surface area contributed by atoms with Gasteiger partial charge >= 0.3 is 57.8 Å². The standard InChI is InChI=1S/C3H9O3P.Ru/c4-1-7(2-5)3-6;/h4-6H,1-3H2;/q;-1/p+1. The number of hydrogen-bond donors (Lipinski definition) is 3. The summed E-state index contributed by atoms with van der Waals surface area (Å²) in [5, 5.41) is 25.5. The molecular weight excluding hydrogens is 216 g/mol. The first-order valence-electron chi connectivity index (χ1n) is 2.19. The van der Waals surface area contributed by atoms with Crippen molar-refractivity contribution in [1.29, 1.82) is 0 Å². The van der Waals surface area contributed by atoms with Crippen LogP contribution in [0.4, 0.5) is 0 Å². The molecule has 8 heavy (non-hydrogen) atoms. The summed E-state index contributed by atoms with van der Waals surface area (Å²) in [6.45, 7) is 0. The molecule has 0 radical (unpaired) electrons. The first-order valence-corrected chi connectivity index (χ1v) is 7.27. The Kier molecular flexibility index (Phi) is 4.32. The number of hydrogen-bond acceptors (Lipinski definition) is 3. The van der Waals surface area contributed by atoms with Crippen molar-refractivity contribution in [3.63, 3.8) is 0 Å². The molecule has 0 unspecified atom stereocenters. The third kappa shape index (κ3) is 2.47. The van der Waals surface area contributed by atoms with Crippen LogP contribution in [0.15, 0.2) is 0 Å². The monoisotopic (exact) mass is 227 g/mol. The van der Waals surface area contributed by atoms with Gasteiger partial charge in [0.05, 0.1) is 0 Å². The van der Waals surface area contributed by atoms with E-state index in [0.29, 0.717) is 0 Å². The number of aliphatic hydroxyl groups excluding tert-OH is 3. The Morgan fingerprint density at radius 2 is 1.25 bits per heavy atom. The van der Waals surface area contributed by atoms with Crippen LogP contribution in [-0.2, 0) is 17.8 Å². The summed E-state index contributed by atoms with van der Waals surface area (Å²) < 4.78 is 0. The fourth-order valence-corrected chi connectivity index (χ4v) is 0.450. The fourth-order valence-electron chi connectivity index (χ4n) is 0.150. The van der Waals surface area contributed by atoms with Crippen LogP contribution in [-0.4, -0.2) is 34.4 Å². The second-order valence-electron chi connectivity index (χ2n) is 1.60. The third-order valence-electron chi connectivity index (χ3n) is 0.839. The van der Waals surface area contributed by atoms with Gasteiger partial charge in [0.15, 0.2) is 0 Å². The van der Waals surface area contributed by atoms with E-state index >= 15 is 0 Å². The molecule has 0 bridgehead atoms. The zero-order valence-corrected chi connectivity index (χ0v) is 7.05. The zero-order valence-electron chi connectivity index (χ0n) is 4.32. The Balaban J connectivity index is 3.58. The van der Waals surface area contributed by atoms with Crippen LogP contribution >= 0.6 is 5.59 Å². The molecule has 0 aromatic heterocycles. The van der Waals surface area contributed by atoms with Crippen molar-refractivity contribution in [2.45, 2.75) is 0 Å². The predicted octanol–water partition coefficient (Wildman–Crippen LogP) is -0.953. The van der Waals surface area contributed by atoms with Crippen molar-refractivity contribution in [1.82, 2.24) is 0 Å². The topological polar surface area (TPSA) is 60.7 Å². The summed E-state index contributed by atoms with van der Waals surface area (Å²) in [7, 11) is 0. The average molecular weight is 226 g/mol. The summed E-state index contributed by atoms with van der Waals surface area (Å²) in [5.74, 6) is 0. The van der Waals surface area contributed by atoms with E-state index in [-0.39, 0.29) is 19.0 Å². The Bertz CT molecular complexity index is 57.3. The van der Waals surface area contributed by atoms with Gasteiger partial charge in [-0.2, -0.15) is 0 Å². The van der Waals surface area contributed by atoms with Crippen molar-refractivity contribution >= 4 is 5.59 Å². The summed E-state index contributed by atoms with van der Waals surface area (Å²) >= 11 is 2.24. The second kappa shape index (κ2) is 3.87. The van der Waals surface area contributed by atoms with Gasteiger partial charge in [-0.15, -0.1) is 0 Å². The first kappa shape index (κ1) is 8.93. The molecule has 0 heterocycles. The Morgan fingerprint density at radius 1 is 1.00 bits per heavy atom. The van der Waals surface area contributed by atoms with Gasteiger partial charge in [0.1, 0.15) is 0 Å². The zero-order chi connectivity index (χ0) is 6.62. The normalized spacial score (nSPS) is 14.0. The van der Waals surface area contributed by atoms with Gasteiger partial charge in [0, 0.05) is 0 Å². The van der Waals surface area contributed by atoms with Crippen molar-refractivity contribution in [3.8, 4) is 0 Å². The van der Waals surface area contributed by atoms with Crippen LogP contribution in [0.1, 0.15) is 0 Å². The van der Waals surface area contributed by atoms with Crippen molar-refractivity contribution in [2.75, 3.05) is 19.0 Å². The minimum absolute atomic E-state index is 0.0728. The fraction of sp³-hybridized carbons (Fsp3) is 1.00. The molecule has 0 fully saturated rings. The van der Waals surface area contributed by atoms with Crippen molar-refractivity contribution in [2.24, 2.45) is 0 Å². The average Bonchev–Trinajstić information content (AvgIpc) is 1.87. The molecule has 3 N–H and O–H groups in total. The summed E-state index contributed by atoms with van der Waals surface area (Å²) in [6.07, 6.45) is -0.218. The molecule has 0 aliphatic heterocycles. The van der Waals surface area contributed by atoms with Gasteiger partial charge in [-0.25, -0.2) is 0 Å². The molecule has 0 atom stereocenters. The molecular formula is C3H10O3PRu. The number of aliphatic hydroxyl groups is 3. The van der Waals surface area contributed by atoms with Gasteiger partial charge in [0.25, 0.3) is 0 Å². The molecule has 0 aliphatic rings. The van der Waals surface area contributed by atoms with E-state index < -0.39 is 5.59 Å². The molecule has 0 amide bonds. The maximum absolute atomic E-state index is 8.51. The maximum atomic E-state index is 8.51. The van der Waals surface area contributed by atoms with Crippen LogP contribution in [0.25, 0.3) is 0 Å². The third-order valence-corrected chi connectivity index (χ3v) is 4.99. The molecule has 0 saturated carbocycles. The van der Waals surface area contributed by atoms with E-state index in [1.807, 2.05) is 0 Å². The van der Waals surface area contributed by atoms with Crippen molar-refractivity contribution in [3.05, 3.63) is 0 Å². The van der Waals surface area contributed by atoms with E-state index in [1.165, 1.54) is 0 Å². The molecule has 0 aromatic carbocycles. The van der Waals surface area contributed by atoms with Gasteiger partial charge in [-0.3, -0.25) is 0 Å². The predicted molar refractivity (Wildman–Crippen MR) is 29.6 cm³/mol. The van der Waals surface area contributed by atoms with Gasteiger partial charge < -0.3 is 0 Å². The van der Waals surface area contributed by atoms with E-state index in [2.05, 4.69) is 17.8 Å². The van der Waals surface area contributed by atoms with Gasteiger partial charge in [0.2, 0.25) is 0 Å². The molecule has 0 rings (SSSR count). The van der Waals surface area contributed by atoms with Gasteiger partial charge in [-0.1, -0.05) is 0 Å². The second-order valence-corrected chi connectivity index (χ2v) is 10.3. The molecule has 0 aliphatic carbocycles. The Morgan fingerprint density at radius 3 is 1.25 bits per heavy atom. The SMILES string of the molecule is OC[PH]([Ru])(CO)CO. The molecule has 0 spiro atoms. The minimum atomic E-state index is -2.07. The molecule has 5 heteroatoms. The van der Waals surface area contributed by atoms with E-state index in [9.17, 15) is 0 Å². The molecule has 53 valence electrons. The van der Waals surface area contributed by atoms with Crippen LogP contribution < -0.4 is 0 Å². The van der Waals surface area contributed by atoms with E-state index in [0.717, 1.165) is 0 Å². The van der Waals surface area contributed by atoms with Crippen LogP contribution in [0, 0.1) is 0 Å². The number of rotatable bonds is 3. The van der Waals surface area contributed by atoms with Gasteiger partial charge in [-0.05, 0) is 0 Å². The van der Waals surface area contributed by atoms with Crippen LogP contribution in [0.3, 0.4) is 0 Å².